The van der Waals surface area contributed by atoms with Gasteiger partial charge >= 0.3 is 0 Å². The molecule has 1 unspecified atom stereocenters. The molecule has 1 aliphatic heterocycles. The average Bonchev–Trinajstić information content (AvgIpc) is 2.71. The van der Waals surface area contributed by atoms with Gasteiger partial charge in [-0.2, -0.15) is 0 Å². The molecule has 1 aliphatic rings. The van der Waals surface area contributed by atoms with E-state index in [1.165, 1.54) is 0 Å². The highest BCUT2D eigenvalue weighted by molar-refractivity contribution is 6.34. The van der Waals surface area contributed by atoms with E-state index in [1.807, 2.05) is 13.0 Å². The molecule has 0 bridgehead atoms. The van der Waals surface area contributed by atoms with Gasteiger partial charge in [0, 0.05) is 25.2 Å². The van der Waals surface area contributed by atoms with Gasteiger partial charge in [0.05, 0.1) is 5.69 Å². The first-order valence-electron chi connectivity index (χ1n) is 6.30. The van der Waals surface area contributed by atoms with E-state index in [0.29, 0.717) is 22.4 Å². The number of pyridine rings is 1. The van der Waals surface area contributed by atoms with E-state index in [1.54, 1.807) is 0 Å². The number of halogens is 2. The van der Waals surface area contributed by atoms with Gasteiger partial charge in [-0.05, 0) is 38.8 Å². The maximum atomic E-state index is 6.14. The predicted molar refractivity (Wildman–Crippen MR) is 77.7 cm³/mol. The van der Waals surface area contributed by atoms with E-state index in [2.05, 4.69) is 29.0 Å². The van der Waals surface area contributed by atoms with Crippen LogP contribution in [-0.2, 0) is 0 Å². The van der Waals surface area contributed by atoms with Gasteiger partial charge in [0.2, 0.25) is 0 Å². The first kappa shape index (κ1) is 13.9. The first-order chi connectivity index (χ1) is 8.47. The lowest BCUT2D eigenvalue weighted by atomic mass is 10.2. The van der Waals surface area contributed by atoms with E-state index >= 15 is 0 Å². The molecule has 2 rings (SSSR count). The summed E-state index contributed by atoms with van der Waals surface area (Å²) in [7, 11) is 0. The maximum Gasteiger partial charge on any atom is 0.154 e. The summed E-state index contributed by atoms with van der Waals surface area (Å²) in [5.74, 6) is 0. The van der Waals surface area contributed by atoms with Crippen LogP contribution >= 0.6 is 23.2 Å². The van der Waals surface area contributed by atoms with Gasteiger partial charge in [-0.15, -0.1) is 0 Å². The molecule has 0 radical (unpaired) electrons. The monoisotopic (exact) mass is 287 g/mol. The second-order valence-corrected chi connectivity index (χ2v) is 5.89. The van der Waals surface area contributed by atoms with Gasteiger partial charge in [-0.25, -0.2) is 4.98 Å². The lowest BCUT2D eigenvalue weighted by Crippen LogP contribution is -2.31. The van der Waals surface area contributed by atoms with E-state index < -0.39 is 0 Å². The smallest absolute Gasteiger partial charge is 0.154 e. The molecule has 100 valence electrons. The van der Waals surface area contributed by atoms with Crippen LogP contribution in [0.3, 0.4) is 0 Å². The minimum absolute atomic E-state index is 0.437. The zero-order valence-corrected chi connectivity index (χ0v) is 12.5. The molecule has 1 aromatic rings. The second-order valence-electron chi connectivity index (χ2n) is 5.15. The highest BCUT2D eigenvalue weighted by Gasteiger charge is 2.25. The van der Waals surface area contributed by atoms with Gasteiger partial charge in [-0.1, -0.05) is 23.2 Å². The Hall–Kier alpha value is -0.510. The van der Waals surface area contributed by atoms with Crippen molar-refractivity contribution < 1.29 is 0 Å². The van der Waals surface area contributed by atoms with Crippen molar-refractivity contribution in [2.75, 3.05) is 18.4 Å². The molecular formula is C13H19Cl2N3. The predicted octanol–water partition coefficient (Wildman–Crippen LogP) is 3.59. The number of rotatable bonds is 3. The van der Waals surface area contributed by atoms with Crippen LogP contribution in [0.25, 0.3) is 0 Å². The van der Waals surface area contributed by atoms with Crippen molar-refractivity contribution >= 4 is 28.9 Å². The van der Waals surface area contributed by atoms with Crippen LogP contribution in [0.5, 0.6) is 0 Å². The topological polar surface area (TPSA) is 28.2 Å². The standard InChI is InChI=1S/C13H19Cl2N3/c1-8(2)18-5-4-10(7-18)16-12-9(3)6-11(14)17-13(12)15/h6,8,10,16H,4-5,7H2,1-3H3. The molecule has 1 fully saturated rings. The van der Waals surface area contributed by atoms with E-state index in [0.717, 1.165) is 30.8 Å². The molecule has 0 spiro atoms. The molecular weight excluding hydrogens is 269 g/mol. The third-order valence-corrected chi connectivity index (χ3v) is 3.91. The molecule has 5 heteroatoms. The number of aromatic nitrogens is 1. The van der Waals surface area contributed by atoms with Crippen LogP contribution < -0.4 is 5.32 Å². The summed E-state index contributed by atoms with van der Waals surface area (Å²) in [5.41, 5.74) is 1.96. The van der Waals surface area contributed by atoms with Crippen molar-refractivity contribution in [1.82, 2.24) is 9.88 Å². The minimum atomic E-state index is 0.437. The Balaban J connectivity index is 2.07. The summed E-state index contributed by atoms with van der Waals surface area (Å²) in [4.78, 5) is 6.55. The van der Waals surface area contributed by atoms with Crippen molar-refractivity contribution in [1.29, 1.82) is 0 Å². The number of nitrogens with zero attached hydrogens (tertiary/aromatic N) is 2. The van der Waals surface area contributed by atoms with Gasteiger partial charge < -0.3 is 5.32 Å². The van der Waals surface area contributed by atoms with Crippen molar-refractivity contribution in [3.8, 4) is 0 Å². The normalized spacial score (nSPS) is 20.7. The molecule has 18 heavy (non-hydrogen) atoms. The summed E-state index contributed by atoms with van der Waals surface area (Å²) in [6, 6.07) is 2.87. The van der Waals surface area contributed by atoms with Crippen molar-refractivity contribution in [2.24, 2.45) is 0 Å². The van der Waals surface area contributed by atoms with Gasteiger partial charge in [0.15, 0.2) is 5.15 Å². The van der Waals surface area contributed by atoms with Gasteiger partial charge in [0.1, 0.15) is 5.15 Å². The molecule has 1 saturated heterocycles. The Morgan fingerprint density at radius 1 is 1.44 bits per heavy atom. The molecule has 0 aliphatic carbocycles. The number of hydrogen-bond acceptors (Lipinski definition) is 3. The largest absolute Gasteiger partial charge is 0.378 e. The Morgan fingerprint density at radius 2 is 2.17 bits per heavy atom. The zero-order valence-electron chi connectivity index (χ0n) is 11.0. The zero-order chi connectivity index (χ0) is 13.3. The summed E-state index contributed by atoms with van der Waals surface area (Å²) < 4.78 is 0. The first-order valence-corrected chi connectivity index (χ1v) is 7.06. The Labute approximate surface area is 118 Å². The molecule has 0 saturated carbocycles. The van der Waals surface area contributed by atoms with Crippen molar-refractivity contribution in [3.63, 3.8) is 0 Å². The van der Waals surface area contributed by atoms with Crippen LogP contribution in [0.1, 0.15) is 25.8 Å². The van der Waals surface area contributed by atoms with Crippen LogP contribution in [0.2, 0.25) is 10.3 Å². The molecule has 2 heterocycles. The number of aryl methyl sites for hydroxylation is 1. The minimum Gasteiger partial charge on any atom is -0.378 e. The summed E-state index contributed by atoms with van der Waals surface area (Å²) in [6.45, 7) is 8.63. The lowest BCUT2D eigenvalue weighted by molar-refractivity contribution is 0.274. The second kappa shape index (κ2) is 5.64. The van der Waals surface area contributed by atoms with Crippen LogP contribution in [0.4, 0.5) is 5.69 Å². The van der Waals surface area contributed by atoms with Crippen LogP contribution in [-0.4, -0.2) is 35.1 Å². The number of likely N-dealkylation sites (tertiary alicyclic amines) is 1. The fourth-order valence-electron chi connectivity index (χ4n) is 2.35. The van der Waals surface area contributed by atoms with E-state index in [9.17, 15) is 0 Å². The quantitative estimate of drug-likeness (QED) is 0.861. The molecule has 1 N–H and O–H groups in total. The van der Waals surface area contributed by atoms with Crippen LogP contribution in [0.15, 0.2) is 6.07 Å². The summed E-state index contributed by atoms with van der Waals surface area (Å²) in [6.07, 6.45) is 1.14. The maximum absolute atomic E-state index is 6.14. The summed E-state index contributed by atoms with van der Waals surface area (Å²) in [5, 5.41) is 4.40. The molecule has 1 aromatic heterocycles. The molecule has 0 amide bonds. The Kier molecular flexibility index (Phi) is 4.36. The average molecular weight is 288 g/mol. The van der Waals surface area contributed by atoms with Gasteiger partial charge in [-0.3, -0.25) is 4.90 Å². The number of anilines is 1. The summed E-state index contributed by atoms with van der Waals surface area (Å²) >= 11 is 12.0. The SMILES string of the molecule is Cc1cc(Cl)nc(Cl)c1NC1CCN(C(C)C)C1. The van der Waals surface area contributed by atoms with E-state index in [4.69, 9.17) is 23.2 Å². The number of nitrogens with one attached hydrogen (secondary N) is 1. The highest BCUT2D eigenvalue weighted by Crippen LogP contribution is 2.28. The Bertz CT molecular complexity index is 411. The van der Waals surface area contributed by atoms with Crippen molar-refractivity contribution in [3.05, 3.63) is 21.9 Å². The molecule has 0 aromatic carbocycles. The third-order valence-electron chi connectivity index (χ3n) is 3.44. The molecule has 1 atom stereocenters. The highest BCUT2D eigenvalue weighted by atomic mass is 35.5. The fourth-order valence-corrected chi connectivity index (χ4v) is 2.93. The molecule has 3 nitrogen and oxygen atoms in total. The third kappa shape index (κ3) is 3.08. The van der Waals surface area contributed by atoms with E-state index in [-0.39, 0.29) is 0 Å². The lowest BCUT2D eigenvalue weighted by Gasteiger charge is -2.21. The fraction of sp³-hybridized carbons (Fsp3) is 0.615. The van der Waals surface area contributed by atoms with Crippen molar-refractivity contribution in [2.45, 2.75) is 39.3 Å². The van der Waals surface area contributed by atoms with Crippen LogP contribution in [0, 0.1) is 6.92 Å². The van der Waals surface area contributed by atoms with Gasteiger partial charge in [0.25, 0.3) is 0 Å². The Morgan fingerprint density at radius 3 is 2.72 bits per heavy atom. The number of hydrogen-bond donors (Lipinski definition) is 1.